The van der Waals surface area contributed by atoms with Gasteiger partial charge in [0.25, 0.3) is 5.91 Å². The Balaban J connectivity index is 0.000000968. The number of carbonyl (C=O) groups excluding carboxylic acids is 1. The van der Waals surface area contributed by atoms with Gasteiger partial charge in [0.1, 0.15) is 0 Å². The van der Waals surface area contributed by atoms with Crippen molar-refractivity contribution in [2.75, 3.05) is 13.6 Å². The van der Waals surface area contributed by atoms with Crippen LogP contribution in [0.15, 0.2) is 81.5 Å². The zero-order valence-corrected chi connectivity index (χ0v) is 21.3. The summed E-state index contributed by atoms with van der Waals surface area (Å²) in [5, 5.41) is 0.694. The third-order valence-corrected chi connectivity index (χ3v) is 6.50. The van der Waals surface area contributed by atoms with Crippen LogP contribution in [-0.2, 0) is 0 Å². The van der Waals surface area contributed by atoms with Crippen LogP contribution in [0.5, 0.6) is 0 Å². The SMILES string of the molecule is CCC.CCCCN(C)C(=O)c1ccc2c(c1)N=C(c1ccc(Cl)cc1)c1ccccc1S2. The fraction of sp³-hybridized carbons (Fsp3) is 0.286. The van der Waals surface area contributed by atoms with E-state index in [1.807, 2.05) is 61.6 Å². The summed E-state index contributed by atoms with van der Waals surface area (Å²) in [5.41, 5.74) is 4.44. The van der Waals surface area contributed by atoms with Crippen LogP contribution >= 0.6 is 23.4 Å². The van der Waals surface area contributed by atoms with E-state index in [1.54, 1.807) is 16.7 Å². The van der Waals surface area contributed by atoms with E-state index in [0.29, 0.717) is 10.6 Å². The highest BCUT2D eigenvalue weighted by atomic mass is 35.5. The number of aliphatic imine (C=N–C) groups is 1. The molecule has 0 aromatic heterocycles. The van der Waals surface area contributed by atoms with Crippen molar-refractivity contribution in [2.24, 2.45) is 4.99 Å². The molecule has 33 heavy (non-hydrogen) atoms. The van der Waals surface area contributed by atoms with Gasteiger partial charge < -0.3 is 4.90 Å². The van der Waals surface area contributed by atoms with E-state index >= 15 is 0 Å². The number of halogens is 1. The van der Waals surface area contributed by atoms with Crippen molar-refractivity contribution in [3.05, 3.63) is 88.4 Å². The molecule has 1 amide bonds. The van der Waals surface area contributed by atoms with Gasteiger partial charge in [-0.05, 0) is 42.8 Å². The molecule has 3 aromatic rings. The van der Waals surface area contributed by atoms with E-state index in [9.17, 15) is 4.79 Å². The second-order valence-electron chi connectivity index (χ2n) is 8.04. The standard InChI is InChI=1S/C25H23ClN2OS.C3H8/c1-3-4-15-28(2)25(29)18-11-14-23-21(16-18)27-24(17-9-12-19(26)13-10-17)20-7-5-6-8-22(20)30-23;1-3-2/h5-14,16H,3-4,15H2,1-2H3;3H2,1-2H3. The van der Waals surface area contributed by atoms with Crippen molar-refractivity contribution in [3.63, 3.8) is 0 Å². The predicted octanol–water partition coefficient (Wildman–Crippen LogP) is 8.26. The molecule has 0 unspecified atom stereocenters. The molecule has 3 aromatic carbocycles. The third kappa shape index (κ3) is 6.27. The van der Waals surface area contributed by atoms with Crippen LogP contribution in [0.1, 0.15) is 61.5 Å². The lowest BCUT2D eigenvalue weighted by Gasteiger charge is -2.17. The molecule has 0 spiro atoms. The Kier molecular flexibility index (Phi) is 9.16. The maximum absolute atomic E-state index is 12.9. The highest BCUT2D eigenvalue weighted by Crippen LogP contribution is 2.41. The van der Waals surface area contributed by atoms with Crippen molar-refractivity contribution < 1.29 is 4.79 Å². The predicted molar refractivity (Wildman–Crippen MR) is 142 cm³/mol. The minimum Gasteiger partial charge on any atom is -0.342 e. The maximum atomic E-state index is 12.9. The van der Waals surface area contributed by atoms with Gasteiger partial charge >= 0.3 is 0 Å². The summed E-state index contributed by atoms with van der Waals surface area (Å²) in [7, 11) is 1.86. The molecule has 0 N–H and O–H groups in total. The molecular weight excluding hydrogens is 448 g/mol. The van der Waals surface area contributed by atoms with E-state index < -0.39 is 0 Å². The summed E-state index contributed by atoms with van der Waals surface area (Å²) in [6.45, 7) is 7.13. The minimum absolute atomic E-state index is 0.0289. The lowest BCUT2D eigenvalue weighted by molar-refractivity contribution is 0.0793. The molecule has 4 rings (SSSR count). The topological polar surface area (TPSA) is 32.7 Å². The van der Waals surface area contributed by atoms with Gasteiger partial charge in [0.05, 0.1) is 11.4 Å². The van der Waals surface area contributed by atoms with E-state index in [0.717, 1.165) is 51.7 Å². The second kappa shape index (κ2) is 12.1. The third-order valence-electron chi connectivity index (χ3n) is 5.11. The molecule has 172 valence electrons. The largest absolute Gasteiger partial charge is 0.342 e. The molecule has 0 saturated heterocycles. The monoisotopic (exact) mass is 478 g/mol. The summed E-state index contributed by atoms with van der Waals surface area (Å²) in [5.74, 6) is 0.0289. The van der Waals surface area contributed by atoms with E-state index in [-0.39, 0.29) is 5.91 Å². The average Bonchev–Trinajstić information content (AvgIpc) is 2.99. The molecule has 0 radical (unpaired) electrons. The van der Waals surface area contributed by atoms with E-state index in [2.05, 4.69) is 32.9 Å². The Labute approximate surface area is 206 Å². The van der Waals surface area contributed by atoms with Crippen LogP contribution in [0.3, 0.4) is 0 Å². The Hall–Kier alpha value is -2.56. The fourth-order valence-electron chi connectivity index (χ4n) is 3.42. The van der Waals surface area contributed by atoms with E-state index in [1.165, 1.54) is 6.42 Å². The van der Waals surface area contributed by atoms with Gasteiger partial charge in [-0.2, -0.15) is 0 Å². The minimum atomic E-state index is 0.0289. The number of carbonyl (C=O) groups is 1. The molecule has 0 saturated carbocycles. The van der Waals surface area contributed by atoms with Crippen molar-refractivity contribution >= 4 is 40.7 Å². The van der Waals surface area contributed by atoms with Gasteiger partial charge in [-0.15, -0.1) is 0 Å². The average molecular weight is 479 g/mol. The highest BCUT2D eigenvalue weighted by molar-refractivity contribution is 7.99. The lowest BCUT2D eigenvalue weighted by atomic mass is 10.0. The first-order valence-corrected chi connectivity index (χ1v) is 12.7. The number of hydrogen-bond acceptors (Lipinski definition) is 3. The molecule has 3 nitrogen and oxygen atoms in total. The highest BCUT2D eigenvalue weighted by Gasteiger charge is 2.20. The molecule has 0 fully saturated rings. The van der Waals surface area contributed by atoms with E-state index in [4.69, 9.17) is 16.6 Å². The fourth-order valence-corrected chi connectivity index (χ4v) is 4.55. The smallest absolute Gasteiger partial charge is 0.253 e. The zero-order valence-electron chi connectivity index (χ0n) is 19.8. The second-order valence-corrected chi connectivity index (χ2v) is 9.56. The Morgan fingerprint density at radius 3 is 2.36 bits per heavy atom. The maximum Gasteiger partial charge on any atom is 0.253 e. The first-order chi connectivity index (χ1) is 16.0. The van der Waals surface area contributed by atoms with Crippen LogP contribution in [0.4, 0.5) is 5.69 Å². The molecule has 5 heteroatoms. The number of unbranched alkanes of at least 4 members (excludes halogenated alkanes) is 1. The summed E-state index contributed by atoms with van der Waals surface area (Å²) < 4.78 is 0. The van der Waals surface area contributed by atoms with Crippen LogP contribution < -0.4 is 0 Å². The van der Waals surface area contributed by atoms with Crippen molar-refractivity contribution in [3.8, 4) is 0 Å². The number of nitrogens with zero attached hydrogens (tertiary/aromatic N) is 2. The molecule has 0 atom stereocenters. The Bertz CT molecular complexity index is 1120. The van der Waals surface area contributed by atoms with Crippen LogP contribution in [0.2, 0.25) is 5.02 Å². The number of benzene rings is 3. The van der Waals surface area contributed by atoms with Crippen molar-refractivity contribution in [1.82, 2.24) is 4.90 Å². The molecule has 0 bridgehead atoms. The zero-order chi connectivity index (χ0) is 23.8. The summed E-state index contributed by atoms with van der Waals surface area (Å²) in [6, 6.07) is 21.8. The van der Waals surface area contributed by atoms with Gasteiger partial charge in [0.15, 0.2) is 0 Å². The Morgan fingerprint density at radius 2 is 1.67 bits per heavy atom. The first-order valence-electron chi connectivity index (χ1n) is 11.5. The van der Waals surface area contributed by atoms with Gasteiger partial charge in [-0.25, -0.2) is 4.99 Å². The quantitative estimate of drug-likeness (QED) is 0.289. The number of hydrogen-bond donors (Lipinski definition) is 0. The van der Waals surface area contributed by atoms with Gasteiger partial charge in [-0.3, -0.25) is 4.79 Å². The van der Waals surface area contributed by atoms with Crippen molar-refractivity contribution in [1.29, 1.82) is 0 Å². The summed E-state index contributed by atoms with van der Waals surface area (Å²) in [6.07, 6.45) is 3.31. The van der Waals surface area contributed by atoms with Gasteiger partial charge in [-0.1, -0.05) is 87.3 Å². The summed E-state index contributed by atoms with van der Waals surface area (Å²) in [4.78, 5) is 21.9. The van der Waals surface area contributed by atoms with Crippen LogP contribution in [0.25, 0.3) is 0 Å². The molecule has 1 heterocycles. The van der Waals surface area contributed by atoms with Crippen LogP contribution in [0, 0.1) is 0 Å². The number of fused-ring (bicyclic) bond motifs is 2. The molecule has 1 aliphatic heterocycles. The van der Waals surface area contributed by atoms with Gasteiger partial charge in [0, 0.05) is 45.1 Å². The first kappa shape index (κ1) is 25.1. The summed E-state index contributed by atoms with van der Waals surface area (Å²) >= 11 is 7.78. The number of rotatable bonds is 5. The van der Waals surface area contributed by atoms with Crippen molar-refractivity contribution in [2.45, 2.75) is 49.8 Å². The Morgan fingerprint density at radius 1 is 0.970 bits per heavy atom. The molecular formula is C28H31ClN2OS. The normalized spacial score (nSPS) is 11.8. The molecule has 0 aliphatic carbocycles. The molecule has 1 aliphatic rings. The number of amides is 1. The lowest BCUT2D eigenvalue weighted by Crippen LogP contribution is -2.27. The van der Waals surface area contributed by atoms with Gasteiger partial charge in [0.2, 0.25) is 0 Å². The van der Waals surface area contributed by atoms with Crippen LogP contribution in [-0.4, -0.2) is 30.1 Å².